The molecule has 2 aliphatic rings. The van der Waals surface area contributed by atoms with Gasteiger partial charge in [0.25, 0.3) is 5.91 Å². The Morgan fingerprint density at radius 2 is 1.44 bits per heavy atom. The van der Waals surface area contributed by atoms with E-state index < -0.39 is 5.91 Å². The second-order valence-electron chi connectivity index (χ2n) is 10.5. The van der Waals surface area contributed by atoms with Gasteiger partial charge >= 0.3 is 0 Å². The summed E-state index contributed by atoms with van der Waals surface area (Å²) in [6, 6.07) is 22.1. The van der Waals surface area contributed by atoms with Crippen LogP contribution in [-0.2, 0) is 11.3 Å². The van der Waals surface area contributed by atoms with Crippen molar-refractivity contribution in [1.29, 1.82) is 10.5 Å². The minimum atomic E-state index is -0.456. The van der Waals surface area contributed by atoms with Gasteiger partial charge in [-0.25, -0.2) is 0 Å². The second kappa shape index (κ2) is 14.1. The van der Waals surface area contributed by atoms with Crippen molar-refractivity contribution in [2.45, 2.75) is 44.1 Å². The fourth-order valence-electron chi connectivity index (χ4n) is 5.80. The van der Waals surface area contributed by atoms with Gasteiger partial charge in [0.15, 0.2) is 0 Å². The van der Waals surface area contributed by atoms with E-state index >= 15 is 0 Å². The highest BCUT2D eigenvalue weighted by molar-refractivity contribution is 5.92. The molecule has 2 aromatic carbocycles. The molecular weight excluding hydrogens is 514 g/mol. The molecule has 3 aromatic rings. The molecule has 3 heterocycles. The van der Waals surface area contributed by atoms with E-state index in [-0.39, 0.29) is 12.3 Å². The van der Waals surface area contributed by atoms with E-state index in [1.807, 2.05) is 54.7 Å². The molecule has 41 heavy (non-hydrogen) atoms. The van der Waals surface area contributed by atoms with Crippen molar-refractivity contribution in [2.75, 3.05) is 31.1 Å². The lowest BCUT2D eigenvalue weighted by molar-refractivity contribution is -0.106. The predicted octanol–water partition coefficient (Wildman–Crippen LogP) is 3.79. The van der Waals surface area contributed by atoms with Crippen LogP contribution in [0, 0.1) is 22.7 Å². The first-order valence-electron chi connectivity index (χ1n) is 13.9. The van der Waals surface area contributed by atoms with Crippen molar-refractivity contribution in [3.63, 3.8) is 0 Å². The molecule has 0 atom stereocenters. The number of primary amides is 2. The monoisotopic (exact) mass is 549 g/mol. The molecule has 0 spiro atoms. The van der Waals surface area contributed by atoms with Crippen LogP contribution in [0.2, 0.25) is 0 Å². The molecule has 210 valence electrons. The van der Waals surface area contributed by atoms with Crippen LogP contribution >= 0.6 is 0 Å². The van der Waals surface area contributed by atoms with E-state index in [0.717, 1.165) is 69.7 Å². The maximum absolute atomic E-state index is 12.3. The summed E-state index contributed by atoms with van der Waals surface area (Å²) in [5, 5.41) is 18.1. The highest BCUT2D eigenvalue weighted by Gasteiger charge is 2.27. The van der Waals surface area contributed by atoms with Gasteiger partial charge < -0.3 is 16.4 Å². The highest BCUT2D eigenvalue weighted by atomic mass is 16.1. The summed E-state index contributed by atoms with van der Waals surface area (Å²) in [7, 11) is 0. The van der Waals surface area contributed by atoms with Crippen LogP contribution in [0.5, 0.6) is 0 Å². The van der Waals surface area contributed by atoms with Crippen LogP contribution in [0.25, 0.3) is 0 Å². The third-order valence-corrected chi connectivity index (χ3v) is 8.02. The first-order valence-corrected chi connectivity index (χ1v) is 13.9. The lowest BCUT2D eigenvalue weighted by atomic mass is 9.84. The number of nitrogens with zero attached hydrogens (tertiary/aromatic N) is 5. The van der Waals surface area contributed by atoms with Gasteiger partial charge in [0.2, 0.25) is 6.41 Å². The Bertz CT molecular complexity index is 1410. The molecule has 0 radical (unpaired) electrons. The Kier molecular flexibility index (Phi) is 10.0. The van der Waals surface area contributed by atoms with E-state index in [0.29, 0.717) is 22.7 Å². The minimum absolute atomic E-state index is 0.250. The first kappa shape index (κ1) is 29.3. The van der Waals surface area contributed by atoms with Gasteiger partial charge in [-0.15, -0.1) is 0 Å². The molecule has 0 saturated carbocycles. The van der Waals surface area contributed by atoms with E-state index in [9.17, 15) is 4.79 Å². The van der Waals surface area contributed by atoms with E-state index in [2.05, 4.69) is 38.7 Å². The molecule has 4 N–H and O–H groups in total. The molecule has 2 amide bonds. The number of aromatic nitrogens is 1. The van der Waals surface area contributed by atoms with Crippen molar-refractivity contribution >= 4 is 18.0 Å². The quantitative estimate of drug-likeness (QED) is 0.444. The van der Waals surface area contributed by atoms with Gasteiger partial charge in [0.1, 0.15) is 5.69 Å². The summed E-state index contributed by atoms with van der Waals surface area (Å²) in [5.41, 5.74) is 16.2. The Balaban J connectivity index is 0.00000124. The molecule has 0 unspecified atom stereocenters. The number of carbonyl (C=O) groups is 2. The van der Waals surface area contributed by atoms with Crippen molar-refractivity contribution < 1.29 is 9.59 Å². The van der Waals surface area contributed by atoms with Gasteiger partial charge in [-0.1, -0.05) is 18.2 Å². The highest BCUT2D eigenvalue weighted by Crippen LogP contribution is 2.35. The number of rotatable bonds is 6. The smallest absolute Gasteiger partial charge is 0.267 e. The largest absolute Gasteiger partial charge is 0.372 e. The number of nitrogens with two attached hydrogens (primary N) is 2. The van der Waals surface area contributed by atoms with Crippen LogP contribution in [-0.4, -0.2) is 48.4 Å². The van der Waals surface area contributed by atoms with Gasteiger partial charge in [-0.05, 0) is 104 Å². The summed E-state index contributed by atoms with van der Waals surface area (Å²) in [4.78, 5) is 30.2. The Morgan fingerprint density at radius 3 is 1.98 bits per heavy atom. The number of benzene rings is 2. The molecule has 2 aliphatic heterocycles. The van der Waals surface area contributed by atoms with Gasteiger partial charge in [0.05, 0.1) is 23.3 Å². The fraction of sp³-hybridized carbons (Fsp3) is 0.344. The van der Waals surface area contributed by atoms with Crippen molar-refractivity contribution in [3.8, 4) is 12.1 Å². The van der Waals surface area contributed by atoms with Crippen LogP contribution in [0.1, 0.15) is 75.8 Å². The molecule has 0 aliphatic carbocycles. The van der Waals surface area contributed by atoms with Crippen molar-refractivity contribution in [2.24, 2.45) is 11.5 Å². The van der Waals surface area contributed by atoms with E-state index in [4.69, 9.17) is 21.1 Å². The zero-order valence-corrected chi connectivity index (χ0v) is 23.1. The Morgan fingerprint density at radius 1 is 0.902 bits per heavy atom. The van der Waals surface area contributed by atoms with Crippen LogP contribution < -0.4 is 16.4 Å². The molecular formula is C32H35N7O2. The third kappa shape index (κ3) is 7.47. The van der Waals surface area contributed by atoms with E-state index in [1.165, 1.54) is 11.1 Å². The summed E-state index contributed by atoms with van der Waals surface area (Å²) in [6.45, 7) is 4.62. The summed E-state index contributed by atoms with van der Waals surface area (Å²) in [5.74, 6) is 0.206. The molecule has 9 nitrogen and oxygen atoms in total. The molecule has 2 fully saturated rings. The topological polar surface area (TPSA) is 153 Å². The van der Waals surface area contributed by atoms with E-state index in [1.54, 1.807) is 0 Å². The SMILES string of the molecule is N#Cc1ccc(CN2CCC(c3cc(C4CCN(c5ccc(C#N)cc5)CC4)cnc3C(N)=O)CC2)cc1.NC=O. The number of anilines is 1. The summed E-state index contributed by atoms with van der Waals surface area (Å²) in [6.07, 6.45) is 6.05. The normalized spacial score (nSPS) is 16.1. The predicted molar refractivity (Wildman–Crippen MR) is 157 cm³/mol. The van der Waals surface area contributed by atoms with Gasteiger partial charge in [0, 0.05) is 31.5 Å². The molecule has 9 heteroatoms. The summed E-state index contributed by atoms with van der Waals surface area (Å²) < 4.78 is 0. The maximum atomic E-state index is 12.3. The number of hydrogen-bond acceptors (Lipinski definition) is 7. The number of piperidine rings is 2. The van der Waals surface area contributed by atoms with Crippen molar-refractivity contribution in [3.05, 3.63) is 94.3 Å². The number of amides is 2. The van der Waals surface area contributed by atoms with Crippen molar-refractivity contribution in [1.82, 2.24) is 9.88 Å². The number of hydrogen-bond donors (Lipinski definition) is 2. The second-order valence-corrected chi connectivity index (χ2v) is 10.5. The number of pyridine rings is 1. The zero-order chi connectivity index (χ0) is 29.2. The molecule has 5 rings (SSSR count). The zero-order valence-electron chi connectivity index (χ0n) is 23.1. The lowest BCUT2D eigenvalue weighted by Gasteiger charge is -2.35. The Hall–Kier alpha value is -4.73. The fourth-order valence-corrected chi connectivity index (χ4v) is 5.80. The molecule has 1 aromatic heterocycles. The Labute approximate surface area is 241 Å². The van der Waals surface area contributed by atoms with Crippen LogP contribution in [0.15, 0.2) is 60.8 Å². The van der Waals surface area contributed by atoms with Gasteiger partial charge in [-0.3, -0.25) is 19.5 Å². The number of nitriles is 2. The standard InChI is InChI=1S/C31H32N6O.CH3NO/c32-18-22-1-3-24(4-2-22)21-36-13-9-26(10-14-36)29-17-27(20-35-30(29)31(34)38)25-11-15-37(16-12-25)28-7-5-23(19-33)6-8-28;2-1-3/h1-8,17,20,25-26H,9-16,21H2,(H2,34,38);1H,(H2,2,3). The molecule has 0 bridgehead atoms. The lowest BCUT2D eigenvalue weighted by Crippen LogP contribution is -2.34. The van der Waals surface area contributed by atoms with Gasteiger partial charge in [-0.2, -0.15) is 10.5 Å². The number of carbonyl (C=O) groups excluding carboxylic acids is 2. The molecule has 2 saturated heterocycles. The number of likely N-dealkylation sites (tertiary alicyclic amines) is 1. The summed E-state index contributed by atoms with van der Waals surface area (Å²) >= 11 is 0. The minimum Gasteiger partial charge on any atom is -0.372 e. The first-order chi connectivity index (χ1) is 19.9. The average molecular weight is 550 g/mol. The maximum Gasteiger partial charge on any atom is 0.267 e. The van der Waals surface area contributed by atoms with Crippen LogP contribution in [0.4, 0.5) is 5.69 Å². The van der Waals surface area contributed by atoms with Crippen LogP contribution in [0.3, 0.4) is 0 Å². The average Bonchev–Trinajstić information content (AvgIpc) is 3.02. The third-order valence-electron chi connectivity index (χ3n) is 8.02.